The molecule has 0 saturated carbocycles. The van der Waals surface area contributed by atoms with Crippen molar-refractivity contribution in [1.82, 2.24) is 0 Å². The van der Waals surface area contributed by atoms with Crippen LogP contribution in [0.1, 0.15) is 13.3 Å². The molecule has 1 aromatic rings. The summed E-state index contributed by atoms with van der Waals surface area (Å²) in [7, 11) is 0. The molecule has 5 nitrogen and oxygen atoms in total. The summed E-state index contributed by atoms with van der Waals surface area (Å²) in [4.78, 5) is 2.18. The molecule has 1 aromatic carbocycles. The van der Waals surface area contributed by atoms with Gasteiger partial charge in [0.2, 0.25) is 0 Å². The van der Waals surface area contributed by atoms with Crippen molar-refractivity contribution < 1.29 is 14.6 Å². The van der Waals surface area contributed by atoms with Crippen LogP contribution in [0.25, 0.3) is 0 Å². The van der Waals surface area contributed by atoms with Gasteiger partial charge in [0.25, 0.3) is 0 Å². The zero-order valence-corrected chi connectivity index (χ0v) is 11.1. The molecular formula is C14H20N2O3. The Bertz CT molecular complexity index is 478. The van der Waals surface area contributed by atoms with E-state index in [0.717, 1.165) is 24.4 Å². The summed E-state index contributed by atoms with van der Waals surface area (Å²) < 4.78 is 11.1. The molecule has 104 valence electrons. The molecule has 2 atom stereocenters. The summed E-state index contributed by atoms with van der Waals surface area (Å²) in [6.45, 7) is 4.35. The molecule has 1 saturated heterocycles. The number of rotatable bonds is 2. The van der Waals surface area contributed by atoms with Gasteiger partial charge in [-0.2, -0.15) is 0 Å². The Kier molecular flexibility index (Phi) is 3.14. The average Bonchev–Trinajstić information content (AvgIpc) is 2.78. The fraction of sp³-hybridized carbons (Fsp3) is 0.571. The number of nitrogens with zero attached hydrogens (tertiary/aromatic N) is 1. The minimum Gasteiger partial charge on any atom is -0.486 e. The molecule has 0 bridgehead atoms. The number of anilines is 2. The fourth-order valence-corrected chi connectivity index (χ4v) is 2.93. The maximum Gasteiger partial charge on any atom is 0.163 e. The first-order valence-electron chi connectivity index (χ1n) is 6.77. The van der Waals surface area contributed by atoms with Gasteiger partial charge in [-0.05, 0) is 12.3 Å². The molecule has 3 N–H and O–H groups in total. The molecule has 2 aliphatic rings. The maximum absolute atomic E-state index is 9.56. The minimum absolute atomic E-state index is 0.129. The zero-order valence-electron chi connectivity index (χ0n) is 11.1. The minimum atomic E-state index is 0.129. The summed E-state index contributed by atoms with van der Waals surface area (Å²) in [5.74, 6) is 1.92. The maximum atomic E-state index is 9.56. The van der Waals surface area contributed by atoms with Crippen molar-refractivity contribution in [3.8, 4) is 11.5 Å². The Labute approximate surface area is 112 Å². The lowest BCUT2D eigenvalue weighted by molar-refractivity contribution is 0.171. The van der Waals surface area contributed by atoms with Gasteiger partial charge in [-0.1, -0.05) is 6.92 Å². The number of aliphatic hydroxyl groups is 1. The molecule has 0 spiro atoms. The predicted molar refractivity (Wildman–Crippen MR) is 73.8 cm³/mol. The van der Waals surface area contributed by atoms with Crippen LogP contribution in [0.4, 0.5) is 11.4 Å². The van der Waals surface area contributed by atoms with E-state index in [-0.39, 0.29) is 12.6 Å². The molecule has 0 aromatic heterocycles. The number of fused-ring (bicyclic) bond motifs is 1. The Balaban J connectivity index is 1.96. The second kappa shape index (κ2) is 4.81. The number of hydrogen-bond acceptors (Lipinski definition) is 5. The van der Waals surface area contributed by atoms with Crippen molar-refractivity contribution in [1.29, 1.82) is 0 Å². The Morgan fingerprint density at radius 3 is 2.68 bits per heavy atom. The summed E-state index contributed by atoms with van der Waals surface area (Å²) in [6, 6.07) is 3.89. The zero-order chi connectivity index (χ0) is 13.4. The Morgan fingerprint density at radius 1 is 1.32 bits per heavy atom. The van der Waals surface area contributed by atoms with Gasteiger partial charge in [0.15, 0.2) is 11.5 Å². The first-order valence-corrected chi connectivity index (χ1v) is 6.77. The average molecular weight is 264 g/mol. The lowest BCUT2D eigenvalue weighted by atomic mass is 10.0. The number of ether oxygens (including phenoxy) is 2. The molecule has 3 rings (SSSR count). The first-order chi connectivity index (χ1) is 9.20. The lowest BCUT2D eigenvalue weighted by Gasteiger charge is -2.30. The third-order valence-electron chi connectivity index (χ3n) is 4.07. The molecule has 0 amide bonds. The van der Waals surface area contributed by atoms with Crippen LogP contribution >= 0.6 is 0 Å². The van der Waals surface area contributed by atoms with Crippen molar-refractivity contribution in [2.45, 2.75) is 19.4 Å². The summed E-state index contributed by atoms with van der Waals surface area (Å²) >= 11 is 0. The van der Waals surface area contributed by atoms with Crippen molar-refractivity contribution in [2.75, 3.05) is 37.0 Å². The van der Waals surface area contributed by atoms with Crippen molar-refractivity contribution in [3.63, 3.8) is 0 Å². The lowest BCUT2D eigenvalue weighted by Crippen LogP contribution is -2.35. The second-order valence-electron chi connectivity index (χ2n) is 5.26. The van der Waals surface area contributed by atoms with Gasteiger partial charge in [0.1, 0.15) is 13.2 Å². The second-order valence-corrected chi connectivity index (χ2v) is 5.26. The Hall–Kier alpha value is -1.62. The largest absolute Gasteiger partial charge is 0.486 e. The van der Waals surface area contributed by atoms with Gasteiger partial charge in [-0.3, -0.25) is 0 Å². The molecule has 0 radical (unpaired) electrons. The van der Waals surface area contributed by atoms with Crippen LogP contribution in [0.2, 0.25) is 0 Å². The molecular weight excluding hydrogens is 244 g/mol. The van der Waals surface area contributed by atoms with Crippen LogP contribution in [0.15, 0.2) is 12.1 Å². The highest BCUT2D eigenvalue weighted by Gasteiger charge is 2.32. The monoisotopic (exact) mass is 264 g/mol. The van der Waals surface area contributed by atoms with E-state index in [0.29, 0.717) is 30.6 Å². The van der Waals surface area contributed by atoms with E-state index < -0.39 is 0 Å². The van der Waals surface area contributed by atoms with E-state index in [9.17, 15) is 5.11 Å². The van der Waals surface area contributed by atoms with E-state index in [4.69, 9.17) is 15.2 Å². The highest BCUT2D eigenvalue weighted by Crippen LogP contribution is 2.41. The van der Waals surface area contributed by atoms with Gasteiger partial charge in [0, 0.05) is 18.7 Å². The number of nitrogens with two attached hydrogens (primary N) is 1. The molecule has 19 heavy (non-hydrogen) atoms. The van der Waals surface area contributed by atoms with Gasteiger partial charge in [0.05, 0.1) is 24.0 Å². The molecule has 2 heterocycles. The van der Waals surface area contributed by atoms with Crippen LogP contribution < -0.4 is 20.1 Å². The summed E-state index contributed by atoms with van der Waals surface area (Å²) in [6.07, 6.45) is 1.07. The quantitative estimate of drug-likeness (QED) is 0.787. The summed E-state index contributed by atoms with van der Waals surface area (Å²) in [5.41, 5.74) is 7.74. The van der Waals surface area contributed by atoms with Gasteiger partial charge >= 0.3 is 0 Å². The molecule has 0 aliphatic carbocycles. The third-order valence-corrected chi connectivity index (χ3v) is 4.07. The normalized spacial score (nSPS) is 25.7. The smallest absolute Gasteiger partial charge is 0.163 e. The standard InChI is InChI=1S/C14H20N2O3/c1-9-2-3-16(12(9)8-17)11-7-14-13(6-10(11)15)18-4-5-19-14/h6-7,9,12,17H,2-5,8,15H2,1H3. The van der Waals surface area contributed by atoms with E-state index in [1.165, 1.54) is 0 Å². The first kappa shape index (κ1) is 12.4. The number of hydrogen-bond donors (Lipinski definition) is 2. The van der Waals surface area contributed by atoms with Gasteiger partial charge in [-0.25, -0.2) is 0 Å². The van der Waals surface area contributed by atoms with Crippen LogP contribution in [0.5, 0.6) is 11.5 Å². The SMILES string of the molecule is CC1CCN(c2cc3c(cc2N)OCCO3)C1CO. The Morgan fingerprint density at radius 2 is 2.00 bits per heavy atom. The van der Waals surface area contributed by atoms with E-state index in [2.05, 4.69) is 11.8 Å². The summed E-state index contributed by atoms with van der Waals surface area (Å²) in [5, 5.41) is 9.56. The van der Waals surface area contributed by atoms with Crippen molar-refractivity contribution in [2.24, 2.45) is 5.92 Å². The van der Waals surface area contributed by atoms with E-state index >= 15 is 0 Å². The molecule has 5 heteroatoms. The van der Waals surface area contributed by atoms with Gasteiger partial charge < -0.3 is 25.2 Å². The topological polar surface area (TPSA) is 68.0 Å². The van der Waals surface area contributed by atoms with Crippen LogP contribution in [0.3, 0.4) is 0 Å². The number of aliphatic hydroxyl groups excluding tert-OH is 1. The van der Waals surface area contributed by atoms with E-state index in [1.54, 1.807) is 0 Å². The van der Waals surface area contributed by atoms with Gasteiger partial charge in [-0.15, -0.1) is 0 Å². The van der Waals surface area contributed by atoms with E-state index in [1.807, 2.05) is 12.1 Å². The number of benzene rings is 1. The highest BCUT2D eigenvalue weighted by atomic mass is 16.6. The van der Waals surface area contributed by atoms with Crippen molar-refractivity contribution in [3.05, 3.63) is 12.1 Å². The van der Waals surface area contributed by atoms with Crippen LogP contribution in [-0.4, -0.2) is 37.5 Å². The van der Waals surface area contributed by atoms with Crippen LogP contribution in [-0.2, 0) is 0 Å². The molecule has 2 unspecified atom stereocenters. The number of nitrogen functional groups attached to an aromatic ring is 1. The molecule has 1 fully saturated rings. The molecule has 2 aliphatic heterocycles. The third kappa shape index (κ3) is 2.08. The van der Waals surface area contributed by atoms with Crippen LogP contribution in [0, 0.1) is 5.92 Å². The predicted octanol–water partition coefficient (Wildman–Crippen LogP) is 1.25. The van der Waals surface area contributed by atoms with Crippen molar-refractivity contribution >= 4 is 11.4 Å². The highest BCUT2D eigenvalue weighted by molar-refractivity contribution is 5.74. The fourth-order valence-electron chi connectivity index (χ4n) is 2.93.